The van der Waals surface area contributed by atoms with Crippen molar-refractivity contribution in [2.45, 2.75) is 56.3 Å². The predicted octanol–water partition coefficient (Wildman–Crippen LogP) is 4.96. The highest BCUT2D eigenvalue weighted by Crippen LogP contribution is 2.48. The van der Waals surface area contributed by atoms with Crippen LogP contribution in [-0.2, 0) is 19.6 Å². The Hall–Kier alpha value is -2.74. The van der Waals surface area contributed by atoms with E-state index in [9.17, 15) is 18.0 Å². The van der Waals surface area contributed by atoms with Gasteiger partial charge < -0.3 is 0 Å². The van der Waals surface area contributed by atoms with Gasteiger partial charge in [0.25, 0.3) is 10.0 Å². The summed E-state index contributed by atoms with van der Waals surface area (Å²) in [5.41, 5.74) is 4.06. The van der Waals surface area contributed by atoms with Crippen LogP contribution in [0.3, 0.4) is 0 Å². The predicted molar refractivity (Wildman–Crippen MR) is 129 cm³/mol. The van der Waals surface area contributed by atoms with E-state index in [1.54, 1.807) is 36.4 Å². The molecule has 1 heterocycles. The Morgan fingerprint density at radius 3 is 1.88 bits per heavy atom. The number of benzene rings is 2. The fourth-order valence-corrected chi connectivity index (χ4v) is 6.30. The summed E-state index contributed by atoms with van der Waals surface area (Å²) in [6.07, 6.45) is 3.10. The lowest BCUT2D eigenvalue weighted by molar-refractivity contribution is -0.117. The van der Waals surface area contributed by atoms with Crippen LogP contribution in [0.4, 0.5) is 0 Å². The number of rotatable bonds is 4. The summed E-state index contributed by atoms with van der Waals surface area (Å²) in [6, 6.07) is 13.8. The third-order valence-electron chi connectivity index (χ3n) is 6.72. The maximum Gasteiger partial charge on any atom is 0.257 e. The average molecular weight is 497 g/mol. The first-order chi connectivity index (χ1) is 16.3. The zero-order valence-electron chi connectivity index (χ0n) is 18.8. The van der Waals surface area contributed by atoms with Gasteiger partial charge in [-0.2, -0.15) is 0 Å². The highest BCUT2D eigenvalue weighted by Gasteiger charge is 2.44. The largest absolute Gasteiger partial charge is 0.294 e. The van der Waals surface area contributed by atoms with Gasteiger partial charge in [-0.25, -0.2) is 8.42 Å². The minimum atomic E-state index is -3.93. The van der Waals surface area contributed by atoms with E-state index in [-0.39, 0.29) is 16.5 Å². The molecule has 8 heteroatoms. The number of ketones is 2. The second-order valence-corrected chi connectivity index (χ2v) is 11.1. The summed E-state index contributed by atoms with van der Waals surface area (Å²) in [6.45, 7) is 1.89. The molecule has 0 radical (unpaired) electrons. The Morgan fingerprint density at radius 1 is 0.824 bits per heavy atom. The molecule has 0 saturated carbocycles. The Bertz CT molecular complexity index is 1300. The van der Waals surface area contributed by atoms with Gasteiger partial charge in [0.15, 0.2) is 11.6 Å². The quantitative estimate of drug-likeness (QED) is 0.647. The summed E-state index contributed by atoms with van der Waals surface area (Å²) in [7, 11) is -3.93. The summed E-state index contributed by atoms with van der Waals surface area (Å²) in [5, 5.41) is 2.10. The van der Waals surface area contributed by atoms with Gasteiger partial charge in [0.2, 0.25) is 0 Å². The van der Waals surface area contributed by atoms with Crippen LogP contribution in [0.2, 0.25) is 5.02 Å². The maximum absolute atomic E-state index is 13.3. The average Bonchev–Trinajstić information content (AvgIpc) is 2.81. The summed E-state index contributed by atoms with van der Waals surface area (Å²) < 4.78 is 26.7. The van der Waals surface area contributed by atoms with Crippen LogP contribution in [0.1, 0.15) is 55.6 Å². The number of hydrazine groups is 1. The lowest BCUT2D eigenvalue weighted by Crippen LogP contribution is -2.47. The molecule has 0 aromatic heterocycles. The third kappa shape index (κ3) is 4.02. The summed E-state index contributed by atoms with van der Waals surface area (Å²) in [4.78, 5) is 29.4. The molecular weight excluding hydrogens is 472 g/mol. The van der Waals surface area contributed by atoms with Crippen molar-refractivity contribution in [1.82, 2.24) is 9.84 Å². The Kier molecular flexibility index (Phi) is 5.96. The highest BCUT2D eigenvalue weighted by molar-refractivity contribution is 7.89. The van der Waals surface area contributed by atoms with Crippen LogP contribution >= 0.6 is 11.6 Å². The molecule has 0 fully saturated rings. The van der Waals surface area contributed by atoms with E-state index in [0.717, 1.165) is 11.1 Å². The summed E-state index contributed by atoms with van der Waals surface area (Å²) in [5.74, 6) is -0.612. The molecule has 2 aromatic rings. The lowest BCUT2D eigenvalue weighted by Gasteiger charge is -2.43. The van der Waals surface area contributed by atoms with Crippen LogP contribution in [0.5, 0.6) is 0 Å². The van der Waals surface area contributed by atoms with E-state index in [1.165, 1.54) is 5.01 Å². The van der Waals surface area contributed by atoms with Crippen molar-refractivity contribution in [2.75, 3.05) is 0 Å². The molecule has 0 amide bonds. The molecule has 0 saturated heterocycles. The van der Waals surface area contributed by atoms with Crippen LogP contribution in [0.15, 0.2) is 76.0 Å². The number of nitrogens with one attached hydrogen (secondary N) is 1. The number of carbonyl (C=O) groups is 2. The molecule has 3 aliphatic rings. The molecule has 0 atom stereocenters. The first-order valence-electron chi connectivity index (χ1n) is 11.4. The second-order valence-electron chi connectivity index (χ2n) is 9.00. The number of carbonyl (C=O) groups excluding carboxylic acids is 2. The van der Waals surface area contributed by atoms with E-state index in [0.29, 0.717) is 66.1 Å². The fourth-order valence-electron chi connectivity index (χ4n) is 5.11. The number of aryl methyl sites for hydroxylation is 1. The topological polar surface area (TPSA) is 83.6 Å². The molecule has 34 heavy (non-hydrogen) atoms. The van der Waals surface area contributed by atoms with Gasteiger partial charge in [0, 0.05) is 46.3 Å². The number of sulfonamides is 1. The molecule has 2 aliphatic carbocycles. The smallest absolute Gasteiger partial charge is 0.257 e. The number of allylic oxidation sites excluding steroid dienone is 4. The minimum Gasteiger partial charge on any atom is -0.294 e. The van der Waals surface area contributed by atoms with Gasteiger partial charge in [-0.3, -0.25) is 14.6 Å². The van der Waals surface area contributed by atoms with Crippen LogP contribution in [0.25, 0.3) is 0 Å². The molecule has 176 valence electrons. The van der Waals surface area contributed by atoms with Crippen LogP contribution in [0, 0.1) is 6.92 Å². The number of hydrogen-bond donors (Lipinski definition) is 1. The third-order valence-corrected chi connectivity index (χ3v) is 8.29. The van der Waals surface area contributed by atoms with E-state index >= 15 is 0 Å². The standard InChI is InChI=1S/C26H25ClN2O4S/c1-16-8-14-19(15-9-16)34(32,33)28-29-20-4-2-6-22(30)25(20)24(17-10-12-18(27)13-11-17)26-21(29)5-3-7-23(26)31/h8-15,24,28H,2-7H2,1H3. The molecule has 2 aromatic carbocycles. The number of hydrogen-bond acceptors (Lipinski definition) is 5. The van der Waals surface area contributed by atoms with Crippen molar-refractivity contribution in [2.24, 2.45) is 0 Å². The van der Waals surface area contributed by atoms with Crippen LogP contribution in [-0.4, -0.2) is 25.0 Å². The van der Waals surface area contributed by atoms with Gasteiger partial charge in [-0.1, -0.05) is 41.4 Å². The van der Waals surface area contributed by atoms with Gasteiger partial charge in [0.1, 0.15) is 0 Å². The first-order valence-corrected chi connectivity index (χ1v) is 13.3. The van der Waals surface area contributed by atoms with Gasteiger partial charge >= 0.3 is 0 Å². The van der Waals surface area contributed by atoms with Crippen molar-refractivity contribution in [3.63, 3.8) is 0 Å². The number of nitrogens with zero attached hydrogens (tertiary/aromatic N) is 1. The van der Waals surface area contributed by atoms with E-state index in [4.69, 9.17) is 11.6 Å². The monoisotopic (exact) mass is 496 g/mol. The molecular formula is C26H25ClN2O4S. The van der Waals surface area contributed by atoms with E-state index in [2.05, 4.69) is 4.83 Å². The van der Waals surface area contributed by atoms with Crippen molar-refractivity contribution in [3.05, 3.63) is 87.2 Å². The normalized spacial score (nSPS) is 19.4. The maximum atomic E-state index is 13.3. The fraction of sp³-hybridized carbons (Fsp3) is 0.308. The van der Waals surface area contributed by atoms with E-state index in [1.807, 2.05) is 19.1 Å². The van der Waals surface area contributed by atoms with Crippen molar-refractivity contribution < 1.29 is 18.0 Å². The Balaban J connectivity index is 1.68. The Labute approximate surface area is 204 Å². The zero-order chi connectivity index (χ0) is 24.0. The van der Waals surface area contributed by atoms with Crippen molar-refractivity contribution >= 4 is 33.2 Å². The number of Topliss-reactive ketones (excluding diaryl/α,β-unsaturated/α-hetero) is 2. The van der Waals surface area contributed by atoms with E-state index < -0.39 is 15.9 Å². The summed E-state index contributed by atoms with van der Waals surface area (Å²) >= 11 is 6.10. The molecule has 0 bridgehead atoms. The SMILES string of the molecule is Cc1ccc(S(=O)(=O)NN2C3=C(C(=O)CCC3)C(c3ccc(Cl)cc3)C3=C2CCCC3=O)cc1. The lowest BCUT2D eigenvalue weighted by atomic mass is 9.71. The van der Waals surface area contributed by atoms with Gasteiger partial charge in [-0.15, -0.1) is 4.83 Å². The molecule has 1 aliphatic heterocycles. The number of halogens is 1. The van der Waals surface area contributed by atoms with Crippen LogP contribution < -0.4 is 4.83 Å². The molecule has 1 N–H and O–H groups in total. The van der Waals surface area contributed by atoms with Gasteiger partial charge in [0.05, 0.1) is 4.90 Å². The van der Waals surface area contributed by atoms with Crippen molar-refractivity contribution in [1.29, 1.82) is 0 Å². The van der Waals surface area contributed by atoms with Gasteiger partial charge in [-0.05, 0) is 62.4 Å². The molecule has 5 rings (SSSR count). The highest BCUT2D eigenvalue weighted by atomic mass is 35.5. The zero-order valence-corrected chi connectivity index (χ0v) is 20.4. The molecule has 0 unspecified atom stereocenters. The first kappa shape index (κ1) is 23.0. The molecule has 0 spiro atoms. The van der Waals surface area contributed by atoms with Crippen molar-refractivity contribution in [3.8, 4) is 0 Å². The minimum absolute atomic E-state index is 0.0503. The molecule has 6 nitrogen and oxygen atoms in total. The second kappa shape index (κ2) is 8.80. The Morgan fingerprint density at radius 2 is 1.35 bits per heavy atom.